The number of carboxylic acids is 1. The summed E-state index contributed by atoms with van der Waals surface area (Å²) in [6, 6.07) is 5.00. The van der Waals surface area contributed by atoms with Crippen LogP contribution in [0.4, 0.5) is 5.69 Å². The van der Waals surface area contributed by atoms with Gasteiger partial charge in [-0.05, 0) is 37.0 Å². The molecule has 1 amide bonds. The van der Waals surface area contributed by atoms with Crippen LogP contribution in [0.5, 0.6) is 0 Å². The Bertz CT molecular complexity index is 519. The number of carboxylic acid groups (broad SMARTS) is 1. The second kappa shape index (κ2) is 7.25. The Morgan fingerprint density at radius 1 is 1.24 bits per heavy atom. The molecule has 1 saturated carbocycles. The van der Waals surface area contributed by atoms with Crippen molar-refractivity contribution >= 4 is 17.6 Å². The Morgan fingerprint density at radius 2 is 1.95 bits per heavy atom. The summed E-state index contributed by atoms with van der Waals surface area (Å²) in [6.07, 6.45) is 7.81. The van der Waals surface area contributed by atoms with E-state index in [1.807, 2.05) is 0 Å². The summed E-state index contributed by atoms with van der Waals surface area (Å²) < 4.78 is 0. The topological polar surface area (TPSA) is 66.4 Å². The Morgan fingerprint density at radius 3 is 2.62 bits per heavy atom. The fourth-order valence-corrected chi connectivity index (χ4v) is 2.96. The van der Waals surface area contributed by atoms with Crippen molar-refractivity contribution in [1.29, 1.82) is 0 Å². The average Bonchev–Trinajstić information content (AvgIpc) is 2.48. The normalized spacial score (nSPS) is 15.7. The van der Waals surface area contributed by atoms with E-state index in [1.54, 1.807) is 19.1 Å². The van der Waals surface area contributed by atoms with Crippen LogP contribution in [-0.2, 0) is 4.79 Å². The molecule has 1 fully saturated rings. The predicted molar refractivity (Wildman–Crippen MR) is 82.6 cm³/mol. The molecule has 21 heavy (non-hydrogen) atoms. The van der Waals surface area contributed by atoms with Gasteiger partial charge in [-0.3, -0.25) is 4.79 Å². The summed E-state index contributed by atoms with van der Waals surface area (Å²) in [5.41, 5.74) is 1.49. The molecule has 0 atom stereocenters. The molecule has 1 aromatic rings. The maximum Gasteiger partial charge on any atom is 0.336 e. The minimum Gasteiger partial charge on any atom is -0.478 e. The largest absolute Gasteiger partial charge is 0.478 e. The molecular weight excluding hydrogens is 266 g/mol. The van der Waals surface area contributed by atoms with Crippen molar-refractivity contribution in [2.24, 2.45) is 5.92 Å². The lowest BCUT2D eigenvalue weighted by Gasteiger charge is -2.21. The highest BCUT2D eigenvalue weighted by atomic mass is 16.4. The zero-order chi connectivity index (χ0) is 15.2. The molecule has 0 aromatic heterocycles. The number of rotatable bonds is 5. The minimum atomic E-state index is -0.967. The van der Waals surface area contributed by atoms with E-state index in [1.165, 1.54) is 38.2 Å². The van der Waals surface area contributed by atoms with Crippen LogP contribution in [0.2, 0.25) is 0 Å². The second-order valence-corrected chi connectivity index (χ2v) is 5.93. The van der Waals surface area contributed by atoms with Crippen molar-refractivity contribution in [2.45, 2.75) is 51.9 Å². The minimum absolute atomic E-state index is 0.0271. The van der Waals surface area contributed by atoms with Gasteiger partial charge in [0, 0.05) is 12.1 Å². The number of benzene rings is 1. The molecule has 2 N–H and O–H groups in total. The molecule has 0 aliphatic heterocycles. The highest BCUT2D eigenvalue weighted by Crippen LogP contribution is 2.27. The van der Waals surface area contributed by atoms with Crippen molar-refractivity contribution in [2.75, 3.05) is 5.32 Å². The van der Waals surface area contributed by atoms with Gasteiger partial charge in [0.25, 0.3) is 0 Å². The smallest absolute Gasteiger partial charge is 0.336 e. The average molecular weight is 289 g/mol. The number of amides is 1. The molecule has 0 radical (unpaired) electrons. The van der Waals surface area contributed by atoms with Crippen LogP contribution in [-0.4, -0.2) is 17.0 Å². The van der Waals surface area contributed by atoms with E-state index in [9.17, 15) is 9.59 Å². The van der Waals surface area contributed by atoms with Gasteiger partial charge in [-0.25, -0.2) is 4.79 Å². The van der Waals surface area contributed by atoms with Crippen LogP contribution in [0.25, 0.3) is 0 Å². The molecule has 1 aliphatic carbocycles. The predicted octanol–water partition coefficient (Wildman–Crippen LogP) is 3.99. The van der Waals surface area contributed by atoms with Crippen LogP contribution in [0, 0.1) is 12.8 Å². The summed E-state index contributed by atoms with van der Waals surface area (Å²) >= 11 is 0. The number of carbonyl (C=O) groups excluding carboxylic acids is 1. The van der Waals surface area contributed by atoms with Gasteiger partial charge in [-0.2, -0.15) is 0 Å². The highest BCUT2D eigenvalue weighted by molar-refractivity contribution is 5.94. The monoisotopic (exact) mass is 289 g/mol. The molecule has 4 heteroatoms. The Balaban J connectivity index is 1.87. The molecule has 0 saturated heterocycles. The third-order valence-corrected chi connectivity index (χ3v) is 4.26. The SMILES string of the molecule is Cc1ccc(NC(=O)CCC2CCCCC2)cc1C(=O)O. The zero-order valence-electron chi connectivity index (χ0n) is 12.5. The lowest BCUT2D eigenvalue weighted by Crippen LogP contribution is -2.15. The van der Waals surface area contributed by atoms with Crippen LogP contribution < -0.4 is 5.32 Å². The summed E-state index contributed by atoms with van der Waals surface area (Å²) in [4.78, 5) is 23.0. The van der Waals surface area contributed by atoms with Gasteiger partial charge < -0.3 is 10.4 Å². The van der Waals surface area contributed by atoms with E-state index < -0.39 is 5.97 Å². The number of anilines is 1. The lowest BCUT2D eigenvalue weighted by atomic mass is 9.86. The number of aryl methyl sites for hydroxylation is 1. The van der Waals surface area contributed by atoms with E-state index in [0.717, 1.165) is 6.42 Å². The summed E-state index contributed by atoms with van der Waals surface area (Å²) in [7, 11) is 0. The fraction of sp³-hybridized carbons (Fsp3) is 0.529. The second-order valence-electron chi connectivity index (χ2n) is 5.93. The van der Waals surface area contributed by atoms with Crippen molar-refractivity contribution in [1.82, 2.24) is 0 Å². The number of nitrogens with one attached hydrogen (secondary N) is 1. The molecule has 0 unspecified atom stereocenters. The molecule has 114 valence electrons. The van der Waals surface area contributed by atoms with Crippen LogP contribution in [0.15, 0.2) is 18.2 Å². The molecule has 2 rings (SSSR count). The molecule has 1 aromatic carbocycles. The Labute approximate surface area is 125 Å². The van der Waals surface area contributed by atoms with Crippen LogP contribution in [0.3, 0.4) is 0 Å². The van der Waals surface area contributed by atoms with Gasteiger partial charge in [0.1, 0.15) is 0 Å². The van der Waals surface area contributed by atoms with Gasteiger partial charge in [0.05, 0.1) is 5.56 Å². The van der Waals surface area contributed by atoms with E-state index in [4.69, 9.17) is 5.11 Å². The van der Waals surface area contributed by atoms with E-state index in [0.29, 0.717) is 23.6 Å². The lowest BCUT2D eigenvalue weighted by molar-refractivity contribution is -0.116. The van der Waals surface area contributed by atoms with Gasteiger partial charge in [0.2, 0.25) is 5.91 Å². The van der Waals surface area contributed by atoms with Gasteiger partial charge in [-0.1, -0.05) is 38.2 Å². The van der Waals surface area contributed by atoms with Crippen molar-refractivity contribution in [3.8, 4) is 0 Å². The molecule has 0 spiro atoms. The molecule has 4 nitrogen and oxygen atoms in total. The quantitative estimate of drug-likeness (QED) is 0.861. The van der Waals surface area contributed by atoms with E-state index >= 15 is 0 Å². The maximum absolute atomic E-state index is 12.0. The number of hydrogen-bond donors (Lipinski definition) is 2. The third kappa shape index (κ3) is 4.59. The Hall–Kier alpha value is -1.84. The number of carbonyl (C=O) groups is 2. The van der Waals surface area contributed by atoms with Gasteiger partial charge in [0.15, 0.2) is 0 Å². The molecule has 1 aliphatic rings. The first-order valence-electron chi connectivity index (χ1n) is 7.70. The van der Waals surface area contributed by atoms with Gasteiger partial charge >= 0.3 is 5.97 Å². The first-order chi connectivity index (χ1) is 10.1. The third-order valence-electron chi connectivity index (χ3n) is 4.26. The zero-order valence-corrected chi connectivity index (χ0v) is 12.5. The number of hydrogen-bond acceptors (Lipinski definition) is 2. The maximum atomic E-state index is 12.0. The standard InChI is InChI=1S/C17H23NO3/c1-12-7-9-14(11-15(12)17(20)21)18-16(19)10-8-13-5-3-2-4-6-13/h7,9,11,13H,2-6,8,10H2,1H3,(H,18,19)(H,20,21). The van der Waals surface area contributed by atoms with Crippen LogP contribution >= 0.6 is 0 Å². The Kier molecular flexibility index (Phi) is 5.37. The van der Waals surface area contributed by atoms with Crippen molar-refractivity contribution in [3.63, 3.8) is 0 Å². The first-order valence-corrected chi connectivity index (χ1v) is 7.70. The van der Waals surface area contributed by atoms with E-state index in [2.05, 4.69) is 5.32 Å². The first kappa shape index (κ1) is 15.5. The molecule has 0 heterocycles. The van der Waals surface area contributed by atoms with Gasteiger partial charge in [-0.15, -0.1) is 0 Å². The summed E-state index contributed by atoms with van der Waals surface area (Å²) in [5, 5.41) is 11.9. The van der Waals surface area contributed by atoms with E-state index in [-0.39, 0.29) is 11.5 Å². The highest BCUT2D eigenvalue weighted by Gasteiger charge is 2.15. The molecule has 0 bridgehead atoms. The fourth-order valence-electron chi connectivity index (χ4n) is 2.96. The number of aromatic carboxylic acids is 1. The summed E-state index contributed by atoms with van der Waals surface area (Å²) in [6.45, 7) is 1.75. The van der Waals surface area contributed by atoms with Crippen molar-refractivity contribution in [3.05, 3.63) is 29.3 Å². The van der Waals surface area contributed by atoms with Crippen LogP contribution in [0.1, 0.15) is 60.9 Å². The summed E-state index contributed by atoms with van der Waals surface area (Å²) in [5.74, 6) is -0.316. The molecular formula is C17H23NO3. The van der Waals surface area contributed by atoms with Crippen molar-refractivity contribution < 1.29 is 14.7 Å².